The molecule has 0 fully saturated rings. The van der Waals surface area contributed by atoms with E-state index in [1.807, 2.05) is 26.0 Å². The van der Waals surface area contributed by atoms with Crippen LogP contribution in [-0.2, 0) is 6.42 Å². The average molecular weight is 284 g/mol. The Morgan fingerprint density at radius 1 is 1.19 bits per heavy atom. The fraction of sp³-hybridized carbons (Fsp3) is 0.294. The van der Waals surface area contributed by atoms with Gasteiger partial charge in [0.25, 0.3) is 5.69 Å². The first kappa shape index (κ1) is 15.2. The number of nitrogens with two attached hydrogens (primary N) is 1. The van der Waals surface area contributed by atoms with E-state index in [-0.39, 0.29) is 16.7 Å². The summed E-state index contributed by atoms with van der Waals surface area (Å²) in [5, 5.41) is 11.0. The van der Waals surface area contributed by atoms with E-state index in [1.54, 1.807) is 12.1 Å². The van der Waals surface area contributed by atoms with Gasteiger partial charge in [-0.15, -0.1) is 0 Å². The van der Waals surface area contributed by atoms with Crippen LogP contribution in [0.5, 0.6) is 0 Å². The maximum Gasteiger partial charge on any atom is 0.270 e. The predicted molar refractivity (Wildman–Crippen MR) is 84.4 cm³/mol. The summed E-state index contributed by atoms with van der Waals surface area (Å²) in [5.41, 5.74) is 11.3. The molecule has 0 saturated carbocycles. The highest BCUT2D eigenvalue weighted by Crippen LogP contribution is 2.29. The number of nitro benzene ring substituents is 1. The Morgan fingerprint density at radius 2 is 1.81 bits per heavy atom. The van der Waals surface area contributed by atoms with E-state index in [0.29, 0.717) is 0 Å². The van der Waals surface area contributed by atoms with Crippen molar-refractivity contribution < 1.29 is 4.92 Å². The van der Waals surface area contributed by atoms with Gasteiger partial charge in [0.05, 0.1) is 11.0 Å². The predicted octanol–water partition coefficient (Wildman–Crippen LogP) is 3.82. The Labute approximate surface area is 124 Å². The molecule has 0 amide bonds. The van der Waals surface area contributed by atoms with Crippen molar-refractivity contribution in [2.24, 2.45) is 5.73 Å². The van der Waals surface area contributed by atoms with Crippen molar-refractivity contribution in [3.8, 4) is 0 Å². The summed E-state index contributed by atoms with van der Waals surface area (Å²) in [4.78, 5) is 10.7. The molecule has 0 radical (unpaired) electrons. The first-order chi connectivity index (χ1) is 9.93. The number of nitrogens with zero attached hydrogens (tertiary/aromatic N) is 1. The summed E-state index contributed by atoms with van der Waals surface area (Å²) in [7, 11) is 0. The fourth-order valence-electron chi connectivity index (χ4n) is 2.44. The quantitative estimate of drug-likeness (QED) is 0.685. The van der Waals surface area contributed by atoms with E-state index in [9.17, 15) is 10.1 Å². The van der Waals surface area contributed by atoms with Crippen molar-refractivity contribution in [2.75, 3.05) is 0 Å². The van der Waals surface area contributed by atoms with Crippen LogP contribution in [0.2, 0.25) is 0 Å². The number of hydrogen-bond acceptors (Lipinski definition) is 3. The minimum Gasteiger partial charge on any atom is -0.320 e. The van der Waals surface area contributed by atoms with Crippen LogP contribution in [-0.4, -0.2) is 4.92 Å². The normalized spacial score (nSPS) is 12.2. The summed E-state index contributed by atoms with van der Waals surface area (Å²) in [6.07, 6.45) is 0.977. The van der Waals surface area contributed by atoms with Gasteiger partial charge in [-0.1, -0.05) is 31.2 Å². The third-order valence-electron chi connectivity index (χ3n) is 3.99. The van der Waals surface area contributed by atoms with Gasteiger partial charge in [0.1, 0.15) is 0 Å². The summed E-state index contributed by atoms with van der Waals surface area (Å²) in [6, 6.07) is 10.9. The standard InChI is InChI=1S/C17H20N2O2/c1-4-13-5-7-14(8-6-13)17(18)16-10-15(19(20)21)9-11(2)12(16)3/h5-10,17H,4,18H2,1-3H3. The molecule has 2 N–H and O–H groups in total. The molecule has 2 aromatic carbocycles. The Morgan fingerprint density at radius 3 is 2.33 bits per heavy atom. The largest absolute Gasteiger partial charge is 0.320 e. The minimum absolute atomic E-state index is 0.0914. The van der Waals surface area contributed by atoms with Crippen LogP contribution >= 0.6 is 0 Å². The van der Waals surface area contributed by atoms with E-state index in [0.717, 1.165) is 28.7 Å². The number of rotatable bonds is 4. The number of aryl methyl sites for hydroxylation is 2. The molecular formula is C17H20N2O2. The van der Waals surface area contributed by atoms with Crippen LogP contribution in [0.4, 0.5) is 5.69 Å². The maximum atomic E-state index is 11.0. The second-order valence-electron chi connectivity index (χ2n) is 5.31. The van der Waals surface area contributed by atoms with E-state index in [4.69, 9.17) is 5.73 Å². The highest BCUT2D eigenvalue weighted by atomic mass is 16.6. The van der Waals surface area contributed by atoms with Gasteiger partial charge >= 0.3 is 0 Å². The second-order valence-corrected chi connectivity index (χ2v) is 5.31. The van der Waals surface area contributed by atoms with Gasteiger partial charge in [-0.05, 0) is 48.1 Å². The molecule has 1 unspecified atom stereocenters. The fourth-order valence-corrected chi connectivity index (χ4v) is 2.44. The van der Waals surface area contributed by atoms with Crippen molar-refractivity contribution in [3.63, 3.8) is 0 Å². The zero-order valence-corrected chi connectivity index (χ0v) is 12.6. The average Bonchev–Trinajstić information content (AvgIpc) is 2.49. The molecule has 2 aromatic rings. The third-order valence-corrected chi connectivity index (χ3v) is 3.99. The van der Waals surface area contributed by atoms with Gasteiger partial charge in [0.15, 0.2) is 0 Å². The molecule has 0 saturated heterocycles. The Balaban J connectivity index is 2.46. The lowest BCUT2D eigenvalue weighted by Crippen LogP contribution is -2.14. The van der Waals surface area contributed by atoms with Gasteiger partial charge in [-0.3, -0.25) is 10.1 Å². The molecule has 0 bridgehead atoms. The summed E-state index contributed by atoms with van der Waals surface area (Å²) >= 11 is 0. The number of non-ortho nitro benzene ring substituents is 1. The Bertz CT molecular complexity index is 663. The van der Waals surface area contributed by atoms with E-state index in [2.05, 4.69) is 19.1 Å². The molecule has 1 atom stereocenters. The van der Waals surface area contributed by atoms with E-state index in [1.165, 1.54) is 5.56 Å². The summed E-state index contributed by atoms with van der Waals surface area (Å²) in [6.45, 7) is 5.93. The molecule has 110 valence electrons. The van der Waals surface area contributed by atoms with E-state index >= 15 is 0 Å². The van der Waals surface area contributed by atoms with Crippen molar-refractivity contribution in [2.45, 2.75) is 33.2 Å². The molecule has 0 aliphatic heterocycles. The van der Waals surface area contributed by atoms with E-state index < -0.39 is 0 Å². The zero-order valence-electron chi connectivity index (χ0n) is 12.6. The minimum atomic E-state index is -0.372. The lowest BCUT2D eigenvalue weighted by atomic mass is 9.92. The highest BCUT2D eigenvalue weighted by Gasteiger charge is 2.17. The monoisotopic (exact) mass is 284 g/mol. The van der Waals surface area contributed by atoms with Crippen molar-refractivity contribution in [3.05, 3.63) is 74.3 Å². The molecular weight excluding hydrogens is 264 g/mol. The molecule has 0 aromatic heterocycles. The van der Waals surface area contributed by atoms with Crippen LogP contribution in [0.1, 0.15) is 40.8 Å². The summed E-state index contributed by atoms with van der Waals surface area (Å²) in [5.74, 6) is 0. The lowest BCUT2D eigenvalue weighted by molar-refractivity contribution is -0.385. The van der Waals surface area contributed by atoms with Crippen LogP contribution in [0.25, 0.3) is 0 Å². The van der Waals surface area contributed by atoms with Crippen molar-refractivity contribution >= 4 is 5.69 Å². The number of nitro groups is 1. The smallest absolute Gasteiger partial charge is 0.270 e. The zero-order chi connectivity index (χ0) is 15.6. The third kappa shape index (κ3) is 3.11. The van der Waals surface area contributed by atoms with Gasteiger partial charge < -0.3 is 5.73 Å². The maximum absolute atomic E-state index is 11.0. The van der Waals surface area contributed by atoms with Crippen LogP contribution < -0.4 is 5.73 Å². The first-order valence-corrected chi connectivity index (χ1v) is 7.04. The van der Waals surface area contributed by atoms with Gasteiger partial charge in [-0.2, -0.15) is 0 Å². The van der Waals surface area contributed by atoms with Crippen molar-refractivity contribution in [1.82, 2.24) is 0 Å². The van der Waals surface area contributed by atoms with Crippen LogP contribution in [0.3, 0.4) is 0 Å². The molecule has 2 rings (SSSR count). The molecule has 4 nitrogen and oxygen atoms in total. The second kappa shape index (κ2) is 6.06. The number of benzene rings is 2. The van der Waals surface area contributed by atoms with Gasteiger partial charge in [0, 0.05) is 12.1 Å². The van der Waals surface area contributed by atoms with Gasteiger partial charge in [0.2, 0.25) is 0 Å². The Hall–Kier alpha value is -2.20. The number of hydrogen-bond donors (Lipinski definition) is 1. The Kier molecular flexibility index (Phi) is 4.38. The molecule has 4 heteroatoms. The van der Waals surface area contributed by atoms with Gasteiger partial charge in [-0.25, -0.2) is 0 Å². The lowest BCUT2D eigenvalue weighted by Gasteiger charge is -2.17. The first-order valence-electron chi connectivity index (χ1n) is 7.04. The molecule has 21 heavy (non-hydrogen) atoms. The van der Waals surface area contributed by atoms with Crippen LogP contribution in [0.15, 0.2) is 36.4 Å². The SMILES string of the molecule is CCc1ccc(C(N)c2cc([N+](=O)[O-])cc(C)c2C)cc1. The topological polar surface area (TPSA) is 69.2 Å². The summed E-state index contributed by atoms with van der Waals surface area (Å²) < 4.78 is 0. The molecule has 0 heterocycles. The highest BCUT2D eigenvalue weighted by molar-refractivity contribution is 5.48. The van der Waals surface area contributed by atoms with Crippen LogP contribution in [0, 0.1) is 24.0 Å². The molecule has 0 aliphatic carbocycles. The van der Waals surface area contributed by atoms with Crippen molar-refractivity contribution in [1.29, 1.82) is 0 Å². The molecule has 0 aliphatic rings. The molecule has 0 spiro atoms.